The van der Waals surface area contributed by atoms with E-state index in [4.69, 9.17) is 17.0 Å². The summed E-state index contributed by atoms with van der Waals surface area (Å²) < 4.78 is 18.5. The monoisotopic (exact) mass is 388 g/mol. The summed E-state index contributed by atoms with van der Waals surface area (Å²) in [6.45, 7) is 0. The van der Waals surface area contributed by atoms with E-state index >= 15 is 0 Å². The average Bonchev–Trinajstić information content (AvgIpc) is 2.89. The maximum atomic E-state index is 13.3. The summed E-state index contributed by atoms with van der Waals surface area (Å²) in [5.41, 5.74) is 3.38. The van der Waals surface area contributed by atoms with Crippen LogP contribution in [0.4, 0.5) is 4.39 Å². The van der Waals surface area contributed by atoms with Crippen LogP contribution in [-0.2, 0) is 4.79 Å². The molecular formula is C18H13FN2O3S2. The van der Waals surface area contributed by atoms with E-state index < -0.39 is 17.6 Å². The zero-order chi connectivity index (χ0) is 18.7. The van der Waals surface area contributed by atoms with Gasteiger partial charge in [0.05, 0.1) is 12.0 Å². The molecule has 1 fully saturated rings. The number of hydrogen-bond donors (Lipinski definition) is 1. The van der Waals surface area contributed by atoms with E-state index in [2.05, 4.69) is 5.43 Å². The second-order valence-electron chi connectivity index (χ2n) is 5.24. The van der Waals surface area contributed by atoms with E-state index in [9.17, 15) is 14.0 Å². The number of nitrogens with one attached hydrogen (secondary N) is 1. The summed E-state index contributed by atoms with van der Waals surface area (Å²) in [6, 6.07) is 12.3. The van der Waals surface area contributed by atoms with Crippen LogP contribution in [0.5, 0.6) is 5.75 Å². The Labute approximate surface area is 158 Å². The standard InChI is InChI=1S/C18H13FN2O3S2/c1-24-14-7-5-12(6-8-14)16(22)20-21-17(23)15(26-18(21)25)10-11-3-2-4-13(19)9-11/h2-10H,1H3,(H,20,22). The fourth-order valence-corrected chi connectivity index (χ4v) is 3.40. The lowest BCUT2D eigenvalue weighted by molar-refractivity contribution is -0.123. The quantitative estimate of drug-likeness (QED) is 0.643. The smallest absolute Gasteiger partial charge is 0.285 e. The zero-order valence-electron chi connectivity index (χ0n) is 13.6. The topological polar surface area (TPSA) is 58.6 Å². The van der Waals surface area contributed by atoms with Crippen molar-refractivity contribution in [3.05, 3.63) is 70.4 Å². The Bertz CT molecular complexity index is 913. The maximum Gasteiger partial charge on any atom is 0.285 e. The predicted molar refractivity (Wildman–Crippen MR) is 102 cm³/mol. The van der Waals surface area contributed by atoms with Crippen molar-refractivity contribution in [3.8, 4) is 5.75 Å². The SMILES string of the molecule is COc1ccc(C(=O)NN2C(=O)C(=Cc3cccc(F)c3)SC2=S)cc1. The molecule has 0 aromatic heterocycles. The third-order valence-electron chi connectivity index (χ3n) is 3.51. The van der Waals surface area contributed by atoms with Gasteiger partial charge in [-0.15, -0.1) is 0 Å². The predicted octanol–water partition coefficient (Wildman–Crippen LogP) is 3.38. The molecule has 5 nitrogen and oxygen atoms in total. The highest BCUT2D eigenvalue weighted by Crippen LogP contribution is 2.31. The third-order valence-corrected chi connectivity index (χ3v) is 4.81. The molecule has 8 heteroatoms. The van der Waals surface area contributed by atoms with Crippen molar-refractivity contribution in [1.29, 1.82) is 0 Å². The number of benzene rings is 2. The van der Waals surface area contributed by atoms with Gasteiger partial charge in [0.1, 0.15) is 11.6 Å². The van der Waals surface area contributed by atoms with Crippen molar-refractivity contribution in [2.24, 2.45) is 0 Å². The molecule has 1 aliphatic heterocycles. The van der Waals surface area contributed by atoms with Gasteiger partial charge < -0.3 is 4.74 Å². The molecule has 2 aromatic carbocycles. The van der Waals surface area contributed by atoms with E-state index in [1.54, 1.807) is 36.4 Å². The van der Waals surface area contributed by atoms with E-state index in [-0.39, 0.29) is 4.32 Å². The average molecular weight is 388 g/mol. The van der Waals surface area contributed by atoms with Crippen molar-refractivity contribution in [2.45, 2.75) is 0 Å². The molecule has 0 radical (unpaired) electrons. The number of hydrazine groups is 1. The van der Waals surface area contributed by atoms with Gasteiger partial charge in [-0.25, -0.2) is 4.39 Å². The molecule has 2 aromatic rings. The van der Waals surface area contributed by atoms with Crippen LogP contribution in [0.3, 0.4) is 0 Å². The van der Waals surface area contributed by atoms with Crippen molar-refractivity contribution in [2.75, 3.05) is 7.11 Å². The van der Waals surface area contributed by atoms with Gasteiger partial charge in [0, 0.05) is 5.56 Å². The van der Waals surface area contributed by atoms with Crippen LogP contribution in [-0.4, -0.2) is 28.3 Å². The van der Waals surface area contributed by atoms with E-state index in [0.29, 0.717) is 21.8 Å². The summed E-state index contributed by atoms with van der Waals surface area (Å²) in [4.78, 5) is 25.1. The second-order valence-corrected chi connectivity index (χ2v) is 6.92. The number of thiocarbonyl (C=S) groups is 1. The fourth-order valence-electron chi connectivity index (χ4n) is 2.22. The molecule has 1 aliphatic rings. The minimum Gasteiger partial charge on any atom is -0.497 e. The van der Waals surface area contributed by atoms with Crippen molar-refractivity contribution in [1.82, 2.24) is 10.4 Å². The molecule has 0 atom stereocenters. The Morgan fingerprint density at radius 1 is 1.27 bits per heavy atom. The number of nitrogens with zero attached hydrogens (tertiary/aromatic N) is 1. The highest BCUT2D eigenvalue weighted by atomic mass is 32.2. The Balaban J connectivity index is 1.75. The van der Waals surface area contributed by atoms with Gasteiger partial charge in [0.25, 0.3) is 11.8 Å². The van der Waals surface area contributed by atoms with Crippen LogP contribution in [0.1, 0.15) is 15.9 Å². The molecule has 0 unspecified atom stereocenters. The number of hydrogen-bond acceptors (Lipinski definition) is 5. The van der Waals surface area contributed by atoms with Gasteiger partial charge in [-0.1, -0.05) is 23.9 Å². The molecule has 1 N–H and O–H groups in total. The van der Waals surface area contributed by atoms with Crippen LogP contribution in [0.15, 0.2) is 53.4 Å². The fraction of sp³-hybridized carbons (Fsp3) is 0.0556. The minimum atomic E-state index is -0.476. The van der Waals surface area contributed by atoms with E-state index in [1.165, 1.54) is 25.3 Å². The first-order valence-electron chi connectivity index (χ1n) is 7.46. The van der Waals surface area contributed by atoms with Crippen LogP contribution < -0.4 is 10.2 Å². The van der Waals surface area contributed by atoms with E-state index in [1.807, 2.05) is 0 Å². The maximum absolute atomic E-state index is 13.3. The minimum absolute atomic E-state index is 0.194. The molecule has 2 amide bonds. The number of thioether (sulfide) groups is 1. The molecule has 132 valence electrons. The first kappa shape index (κ1) is 18.1. The van der Waals surface area contributed by atoms with Crippen LogP contribution in [0, 0.1) is 5.82 Å². The summed E-state index contributed by atoms with van der Waals surface area (Å²) in [7, 11) is 1.53. The first-order chi connectivity index (χ1) is 12.5. The molecule has 0 aliphatic carbocycles. The van der Waals surface area contributed by atoms with Gasteiger partial charge in [0.2, 0.25) is 0 Å². The van der Waals surface area contributed by atoms with E-state index in [0.717, 1.165) is 16.8 Å². The van der Waals surface area contributed by atoms with Crippen molar-refractivity contribution in [3.63, 3.8) is 0 Å². The molecule has 26 heavy (non-hydrogen) atoms. The number of carbonyl (C=O) groups is 2. The third kappa shape index (κ3) is 3.92. The van der Waals surface area contributed by atoms with Crippen LogP contribution in [0.2, 0.25) is 0 Å². The summed E-state index contributed by atoms with van der Waals surface area (Å²) >= 11 is 6.20. The number of amides is 2. The number of ether oxygens (including phenoxy) is 1. The lowest BCUT2D eigenvalue weighted by Gasteiger charge is -2.15. The Morgan fingerprint density at radius 3 is 2.65 bits per heavy atom. The van der Waals surface area contributed by atoms with Gasteiger partial charge in [-0.05, 0) is 60.3 Å². The molecule has 1 heterocycles. The number of methoxy groups -OCH3 is 1. The molecule has 0 bridgehead atoms. The molecule has 1 saturated heterocycles. The van der Waals surface area contributed by atoms with Crippen LogP contribution in [0.25, 0.3) is 6.08 Å². The summed E-state index contributed by atoms with van der Waals surface area (Å²) in [6.07, 6.45) is 1.53. The Morgan fingerprint density at radius 2 is 2.00 bits per heavy atom. The second kappa shape index (κ2) is 7.67. The van der Waals surface area contributed by atoms with Gasteiger partial charge in [-0.2, -0.15) is 5.01 Å². The molecule has 3 rings (SSSR count). The zero-order valence-corrected chi connectivity index (χ0v) is 15.2. The van der Waals surface area contributed by atoms with Crippen molar-refractivity contribution < 1.29 is 18.7 Å². The van der Waals surface area contributed by atoms with Gasteiger partial charge >= 0.3 is 0 Å². The summed E-state index contributed by atoms with van der Waals surface area (Å²) in [5, 5.41) is 1.01. The normalized spacial score (nSPS) is 15.5. The highest BCUT2D eigenvalue weighted by molar-refractivity contribution is 8.26. The first-order valence-corrected chi connectivity index (χ1v) is 8.69. The summed E-state index contributed by atoms with van der Waals surface area (Å²) in [5.74, 6) is -0.727. The van der Waals surface area contributed by atoms with Gasteiger partial charge in [0.15, 0.2) is 4.32 Å². The Kier molecular flexibility index (Phi) is 5.34. The Hall–Kier alpha value is -2.71. The molecular weight excluding hydrogens is 375 g/mol. The molecule has 0 saturated carbocycles. The number of rotatable bonds is 4. The van der Waals surface area contributed by atoms with Crippen molar-refractivity contribution >= 4 is 46.2 Å². The van der Waals surface area contributed by atoms with Crippen LogP contribution >= 0.6 is 24.0 Å². The largest absolute Gasteiger partial charge is 0.497 e. The number of carbonyl (C=O) groups excluding carboxylic acids is 2. The lowest BCUT2D eigenvalue weighted by Crippen LogP contribution is -2.44. The number of halogens is 1. The molecule has 0 spiro atoms. The lowest BCUT2D eigenvalue weighted by atomic mass is 10.2. The van der Waals surface area contributed by atoms with Gasteiger partial charge in [-0.3, -0.25) is 15.0 Å². The highest BCUT2D eigenvalue weighted by Gasteiger charge is 2.33.